The molecule has 10 heteroatoms. The number of ketones is 1. The first-order valence-corrected chi connectivity index (χ1v) is 15.9. The zero-order chi connectivity index (χ0) is 30.6. The SMILES string of the molecule is Cc1ccc(/C(O)=C2/C(=O)C(=O)N(c3nnc(SCc4ccc(Cl)cc4)s3)C2c2ccc(OCc3ccccc3)cc2)cc1. The van der Waals surface area contributed by atoms with Crippen molar-refractivity contribution in [3.05, 3.63) is 142 Å². The lowest BCUT2D eigenvalue weighted by Crippen LogP contribution is -2.29. The molecule has 2 heterocycles. The van der Waals surface area contributed by atoms with Gasteiger partial charge in [0.25, 0.3) is 5.78 Å². The number of thioether (sulfide) groups is 1. The summed E-state index contributed by atoms with van der Waals surface area (Å²) in [5.41, 5.74) is 4.14. The summed E-state index contributed by atoms with van der Waals surface area (Å²) < 4.78 is 6.59. The van der Waals surface area contributed by atoms with Gasteiger partial charge in [-0.3, -0.25) is 14.5 Å². The lowest BCUT2D eigenvalue weighted by molar-refractivity contribution is -0.132. The molecule has 0 saturated carbocycles. The first kappa shape index (κ1) is 29.6. The van der Waals surface area contributed by atoms with E-state index in [2.05, 4.69) is 10.2 Å². The summed E-state index contributed by atoms with van der Waals surface area (Å²) in [5, 5.41) is 20.9. The topological polar surface area (TPSA) is 92.6 Å². The number of aromatic nitrogens is 2. The smallest absolute Gasteiger partial charge is 0.301 e. The zero-order valence-corrected chi connectivity index (χ0v) is 25.9. The number of carbonyl (C=O) groups excluding carboxylic acids is 2. The van der Waals surface area contributed by atoms with E-state index >= 15 is 0 Å². The van der Waals surface area contributed by atoms with Gasteiger partial charge in [0.15, 0.2) is 4.34 Å². The van der Waals surface area contributed by atoms with Crippen molar-refractivity contribution in [2.75, 3.05) is 4.90 Å². The van der Waals surface area contributed by atoms with E-state index in [0.717, 1.165) is 16.7 Å². The van der Waals surface area contributed by atoms with Gasteiger partial charge in [0, 0.05) is 16.3 Å². The number of aryl methyl sites for hydroxylation is 1. The monoisotopic (exact) mass is 639 g/mol. The van der Waals surface area contributed by atoms with Crippen molar-refractivity contribution in [1.82, 2.24) is 10.2 Å². The number of anilines is 1. The quantitative estimate of drug-likeness (QED) is 0.0574. The Morgan fingerprint density at radius 3 is 2.32 bits per heavy atom. The second-order valence-corrected chi connectivity index (χ2v) is 12.8. The van der Waals surface area contributed by atoms with Crippen LogP contribution in [0.3, 0.4) is 0 Å². The molecule has 6 rings (SSSR count). The highest BCUT2D eigenvalue weighted by Crippen LogP contribution is 2.44. The van der Waals surface area contributed by atoms with E-state index in [1.165, 1.54) is 28.0 Å². The van der Waals surface area contributed by atoms with Gasteiger partial charge in [-0.2, -0.15) is 0 Å². The van der Waals surface area contributed by atoms with Crippen molar-refractivity contribution in [2.24, 2.45) is 0 Å². The molecule has 1 unspecified atom stereocenters. The van der Waals surface area contributed by atoms with Crippen molar-refractivity contribution < 1.29 is 19.4 Å². The maximum absolute atomic E-state index is 13.6. The predicted molar refractivity (Wildman–Crippen MR) is 174 cm³/mol. The van der Waals surface area contributed by atoms with E-state index in [9.17, 15) is 14.7 Å². The summed E-state index contributed by atoms with van der Waals surface area (Å²) in [6.07, 6.45) is 0. The number of Topliss-reactive ketones (excluding diaryl/α,β-unsaturated/α-hetero) is 1. The molecular formula is C34H26ClN3O4S2. The molecule has 1 fully saturated rings. The Morgan fingerprint density at radius 1 is 0.909 bits per heavy atom. The number of benzene rings is 4. The largest absolute Gasteiger partial charge is 0.507 e. The first-order valence-electron chi connectivity index (χ1n) is 13.7. The number of ether oxygens (including phenoxy) is 1. The van der Waals surface area contributed by atoms with Gasteiger partial charge in [-0.25, -0.2) is 0 Å². The molecule has 1 saturated heterocycles. The fourth-order valence-corrected chi connectivity index (χ4v) is 6.73. The molecule has 1 amide bonds. The third-order valence-electron chi connectivity index (χ3n) is 7.09. The molecule has 0 radical (unpaired) electrons. The van der Waals surface area contributed by atoms with Crippen LogP contribution in [0.25, 0.3) is 5.76 Å². The maximum atomic E-state index is 13.6. The number of carbonyl (C=O) groups is 2. The first-order chi connectivity index (χ1) is 21.4. The summed E-state index contributed by atoms with van der Waals surface area (Å²) in [4.78, 5) is 28.4. The lowest BCUT2D eigenvalue weighted by Gasteiger charge is -2.22. The van der Waals surface area contributed by atoms with E-state index < -0.39 is 17.7 Å². The molecule has 44 heavy (non-hydrogen) atoms. The second-order valence-electron chi connectivity index (χ2n) is 10.1. The number of hydrogen-bond acceptors (Lipinski definition) is 8. The minimum atomic E-state index is -0.915. The van der Waals surface area contributed by atoms with Gasteiger partial charge in [0.05, 0.1) is 11.6 Å². The Labute approximate surface area is 267 Å². The fourth-order valence-electron chi connectivity index (χ4n) is 4.78. The summed E-state index contributed by atoms with van der Waals surface area (Å²) >= 11 is 8.69. The third kappa shape index (κ3) is 6.40. The van der Waals surface area contributed by atoms with Crippen LogP contribution in [0, 0.1) is 6.92 Å². The van der Waals surface area contributed by atoms with E-state index in [4.69, 9.17) is 16.3 Å². The van der Waals surface area contributed by atoms with Gasteiger partial charge in [-0.15, -0.1) is 10.2 Å². The van der Waals surface area contributed by atoms with Crippen molar-refractivity contribution in [3.8, 4) is 5.75 Å². The van der Waals surface area contributed by atoms with Crippen molar-refractivity contribution in [2.45, 2.75) is 29.7 Å². The minimum Gasteiger partial charge on any atom is -0.507 e. The second kappa shape index (κ2) is 13.1. The van der Waals surface area contributed by atoms with Gasteiger partial charge in [-0.1, -0.05) is 119 Å². The number of rotatable bonds is 9. The molecule has 1 aliphatic heterocycles. The van der Waals surface area contributed by atoms with E-state index in [1.54, 1.807) is 36.4 Å². The Bertz CT molecular complexity index is 1820. The van der Waals surface area contributed by atoms with Crippen LogP contribution in [0.4, 0.5) is 5.13 Å². The van der Waals surface area contributed by atoms with Crippen LogP contribution in [-0.4, -0.2) is 27.0 Å². The number of hydrogen-bond donors (Lipinski definition) is 1. The molecule has 7 nitrogen and oxygen atoms in total. The van der Waals surface area contributed by atoms with Gasteiger partial charge in [-0.05, 0) is 47.9 Å². The average Bonchev–Trinajstić information content (AvgIpc) is 3.62. The van der Waals surface area contributed by atoms with Gasteiger partial charge < -0.3 is 9.84 Å². The van der Waals surface area contributed by atoms with E-state index in [0.29, 0.717) is 38.6 Å². The Balaban J connectivity index is 1.33. The molecule has 1 atom stereocenters. The Morgan fingerprint density at radius 2 is 1.61 bits per heavy atom. The molecule has 220 valence electrons. The van der Waals surface area contributed by atoms with Crippen LogP contribution < -0.4 is 9.64 Å². The van der Waals surface area contributed by atoms with Gasteiger partial charge in [0.2, 0.25) is 5.13 Å². The number of aliphatic hydroxyl groups is 1. The molecule has 0 spiro atoms. The van der Waals surface area contributed by atoms with E-state index in [1.807, 2.05) is 73.7 Å². The Hall–Kier alpha value is -4.44. The number of amides is 1. The van der Waals surface area contributed by atoms with E-state index in [-0.39, 0.29) is 16.5 Å². The number of nitrogens with zero attached hydrogens (tertiary/aromatic N) is 3. The molecular weight excluding hydrogens is 614 g/mol. The molecule has 0 bridgehead atoms. The van der Waals surface area contributed by atoms with Crippen molar-refractivity contribution in [3.63, 3.8) is 0 Å². The Kier molecular flexibility index (Phi) is 8.79. The van der Waals surface area contributed by atoms with Crippen LogP contribution in [0.2, 0.25) is 5.02 Å². The van der Waals surface area contributed by atoms with Crippen LogP contribution in [0.1, 0.15) is 33.9 Å². The zero-order valence-electron chi connectivity index (χ0n) is 23.5. The molecule has 1 N–H and O–H groups in total. The van der Waals surface area contributed by atoms with Crippen LogP contribution >= 0.6 is 34.7 Å². The highest BCUT2D eigenvalue weighted by Gasteiger charge is 2.48. The summed E-state index contributed by atoms with van der Waals surface area (Å²) in [6, 6.07) is 30.7. The summed E-state index contributed by atoms with van der Waals surface area (Å²) in [5.74, 6) is -0.556. The molecule has 5 aromatic rings. The van der Waals surface area contributed by atoms with Crippen LogP contribution in [0.15, 0.2) is 113 Å². The number of halogens is 1. The molecule has 1 aliphatic rings. The van der Waals surface area contributed by atoms with Crippen LogP contribution in [-0.2, 0) is 21.9 Å². The highest BCUT2D eigenvalue weighted by molar-refractivity contribution is 8.00. The average molecular weight is 640 g/mol. The minimum absolute atomic E-state index is 0.0117. The maximum Gasteiger partial charge on any atom is 0.301 e. The van der Waals surface area contributed by atoms with Gasteiger partial charge in [0.1, 0.15) is 18.1 Å². The van der Waals surface area contributed by atoms with Crippen molar-refractivity contribution in [1.29, 1.82) is 0 Å². The summed E-state index contributed by atoms with van der Waals surface area (Å²) in [6.45, 7) is 2.33. The molecule has 0 aliphatic carbocycles. The molecule has 4 aromatic carbocycles. The predicted octanol–water partition coefficient (Wildman–Crippen LogP) is 8.00. The highest BCUT2D eigenvalue weighted by atomic mass is 35.5. The van der Waals surface area contributed by atoms with Crippen molar-refractivity contribution >= 4 is 57.3 Å². The fraction of sp³-hybridized carbons (Fsp3) is 0.118. The molecule has 1 aromatic heterocycles. The lowest BCUT2D eigenvalue weighted by atomic mass is 9.95. The third-order valence-corrected chi connectivity index (χ3v) is 9.47. The normalized spacial score (nSPS) is 16.0. The number of aliphatic hydroxyl groups excluding tert-OH is 1. The van der Waals surface area contributed by atoms with Crippen LogP contribution in [0.5, 0.6) is 5.75 Å². The summed E-state index contributed by atoms with van der Waals surface area (Å²) in [7, 11) is 0. The van der Waals surface area contributed by atoms with Gasteiger partial charge >= 0.3 is 5.91 Å². The standard InChI is InChI=1S/C34H26ClN3O4S2/c1-21-7-11-25(12-8-21)30(39)28-29(24-13-17-27(18-14-24)42-19-22-5-3-2-4-6-22)38(32(41)31(28)40)33-36-37-34(44-33)43-20-23-9-15-26(35)16-10-23/h2-18,29,39H,19-20H2,1H3/b30-28-.